The molecule has 1 heterocycles. The number of aryl methyl sites for hydroxylation is 1. The molecular weight excluding hydrogens is 280 g/mol. The number of nitrogens with zero attached hydrogens (tertiary/aromatic N) is 3. The van der Waals surface area contributed by atoms with E-state index in [0.717, 1.165) is 16.5 Å². The SMILES string of the molecule is Cn1cc(/C=N/Nc2ccc([N+](=O)[O-])cc2)c2ccccc21. The third-order valence-electron chi connectivity index (χ3n) is 3.40. The Kier molecular flexibility index (Phi) is 3.57. The number of nitro benzene ring substituents is 1. The lowest BCUT2D eigenvalue weighted by molar-refractivity contribution is -0.384. The van der Waals surface area contributed by atoms with Crippen LogP contribution in [0.1, 0.15) is 5.56 Å². The number of nitro groups is 1. The molecule has 0 aliphatic rings. The summed E-state index contributed by atoms with van der Waals surface area (Å²) in [6.45, 7) is 0. The van der Waals surface area contributed by atoms with Crippen LogP contribution in [-0.2, 0) is 7.05 Å². The van der Waals surface area contributed by atoms with Gasteiger partial charge in [-0.15, -0.1) is 0 Å². The van der Waals surface area contributed by atoms with Crippen LogP contribution in [0.5, 0.6) is 0 Å². The molecule has 22 heavy (non-hydrogen) atoms. The van der Waals surface area contributed by atoms with Gasteiger partial charge in [0.15, 0.2) is 0 Å². The average molecular weight is 294 g/mol. The van der Waals surface area contributed by atoms with Crippen LogP contribution in [0, 0.1) is 10.1 Å². The molecule has 6 heteroatoms. The lowest BCUT2D eigenvalue weighted by Gasteiger charge is -1.99. The third-order valence-corrected chi connectivity index (χ3v) is 3.40. The van der Waals surface area contributed by atoms with Crippen LogP contribution < -0.4 is 5.43 Å². The molecule has 2 aromatic carbocycles. The summed E-state index contributed by atoms with van der Waals surface area (Å²) in [4.78, 5) is 10.2. The van der Waals surface area contributed by atoms with Crippen molar-refractivity contribution in [2.75, 3.05) is 5.43 Å². The number of para-hydroxylation sites is 1. The highest BCUT2D eigenvalue weighted by Gasteiger charge is 2.04. The maximum atomic E-state index is 10.6. The van der Waals surface area contributed by atoms with E-state index in [9.17, 15) is 10.1 Å². The molecule has 0 spiro atoms. The van der Waals surface area contributed by atoms with Crippen molar-refractivity contribution in [3.63, 3.8) is 0 Å². The molecule has 0 amide bonds. The molecule has 3 rings (SSSR count). The van der Waals surface area contributed by atoms with E-state index in [0.29, 0.717) is 5.69 Å². The molecule has 0 unspecified atom stereocenters. The summed E-state index contributed by atoms with van der Waals surface area (Å²) >= 11 is 0. The topological polar surface area (TPSA) is 72.5 Å². The van der Waals surface area contributed by atoms with E-state index in [-0.39, 0.29) is 5.69 Å². The second-order valence-electron chi connectivity index (χ2n) is 4.89. The molecule has 0 radical (unpaired) electrons. The first-order valence-electron chi connectivity index (χ1n) is 6.73. The Morgan fingerprint density at radius 3 is 2.64 bits per heavy atom. The molecular formula is C16H14N4O2. The summed E-state index contributed by atoms with van der Waals surface area (Å²) in [7, 11) is 1.99. The number of hydrazone groups is 1. The standard InChI is InChI=1S/C16H14N4O2/c1-19-11-12(15-4-2-3-5-16(15)19)10-17-18-13-6-8-14(9-7-13)20(21)22/h2-11,18H,1H3/b17-10+. The van der Waals surface area contributed by atoms with Gasteiger partial charge in [0.1, 0.15) is 0 Å². The number of non-ortho nitro benzene ring substituents is 1. The summed E-state index contributed by atoms with van der Waals surface area (Å²) in [6, 6.07) is 14.2. The summed E-state index contributed by atoms with van der Waals surface area (Å²) < 4.78 is 2.04. The Labute approximate surface area is 126 Å². The van der Waals surface area contributed by atoms with Gasteiger partial charge >= 0.3 is 0 Å². The quantitative estimate of drug-likeness (QED) is 0.454. The molecule has 3 aromatic rings. The second-order valence-corrected chi connectivity index (χ2v) is 4.89. The number of fused-ring (bicyclic) bond motifs is 1. The predicted octanol–water partition coefficient (Wildman–Crippen LogP) is 3.53. The third kappa shape index (κ3) is 2.67. The van der Waals surface area contributed by atoms with Crippen molar-refractivity contribution in [1.82, 2.24) is 4.57 Å². The second kappa shape index (κ2) is 5.69. The number of anilines is 1. The molecule has 0 saturated carbocycles. The number of rotatable bonds is 4. The smallest absolute Gasteiger partial charge is 0.269 e. The first kappa shape index (κ1) is 13.8. The van der Waals surface area contributed by atoms with Gasteiger partial charge in [0.25, 0.3) is 5.69 Å². The van der Waals surface area contributed by atoms with Crippen molar-refractivity contribution in [2.45, 2.75) is 0 Å². The first-order valence-corrected chi connectivity index (χ1v) is 6.73. The van der Waals surface area contributed by atoms with E-state index in [2.05, 4.69) is 16.6 Å². The maximum Gasteiger partial charge on any atom is 0.269 e. The fourth-order valence-electron chi connectivity index (χ4n) is 2.31. The Morgan fingerprint density at radius 2 is 1.91 bits per heavy atom. The highest BCUT2D eigenvalue weighted by atomic mass is 16.6. The number of hydrogen-bond donors (Lipinski definition) is 1. The molecule has 0 saturated heterocycles. The normalized spacial score (nSPS) is 11.1. The molecule has 0 atom stereocenters. The summed E-state index contributed by atoms with van der Waals surface area (Å²) in [5.74, 6) is 0. The lowest BCUT2D eigenvalue weighted by atomic mass is 10.2. The van der Waals surface area contributed by atoms with E-state index in [1.54, 1.807) is 18.3 Å². The maximum absolute atomic E-state index is 10.6. The van der Waals surface area contributed by atoms with Gasteiger partial charge in [0.2, 0.25) is 0 Å². The van der Waals surface area contributed by atoms with E-state index >= 15 is 0 Å². The molecule has 0 aliphatic carbocycles. The van der Waals surface area contributed by atoms with Crippen molar-refractivity contribution in [3.8, 4) is 0 Å². The van der Waals surface area contributed by atoms with E-state index in [1.165, 1.54) is 12.1 Å². The molecule has 110 valence electrons. The first-order chi connectivity index (χ1) is 10.6. The van der Waals surface area contributed by atoms with Crippen LogP contribution in [0.15, 0.2) is 59.8 Å². The Morgan fingerprint density at radius 1 is 1.18 bits per heavy atom. The van der Waals surface area contributed by atoms with Gasteiger partial charge in [0, 0.05) is 41.8 Å². The van der Waals surface area contributed by atoms with Crippen LogP contribution in [0.25, 0.3) is 10.9 Å². The molecule has 0 aliphatic heterocycles. The van der Waals surface area contributed by atoms with Crippen LogP contribution in [0.3, 0.4) is 0 Å². The van der Waals surface area contributed by atoms with Crippen LogP contribution in [0.4, 0.5) is 11.4 Å². The van der Waals surface area contributed by atoms with Crippen molar-refractivity contribution in [1.29, 1.82) is 0 Å². The fraction of sp³-hybridized carbons (Fsp3) is 0.0625. The van der Waals surface area contributed by atoms with Crippen LogP contribution in [-0.4, -0.2) is 15.7 Å². The summed E-state index contributed by atoms with van der Waals surface area (Å²) in [5, 5.41) is 15.9. The zero-order valence-electron chi connectivity index (χ0n) is 11.9. The molecule has 6 nitrogen and oxygen atoms in total. The van der Waals surface area contributed by atoms with E-state index < -0.39 is 4.92 Å². The minimum Gasteiger partial charge on any atom is -0.350 e. The van der Waals surface area contributed by atoms with Crippen LogP contribution >= 0.6 is 0 Å². The van der Waals surface area contributed by atoms with Gasteiger partial charge in [-0.2, -0.15) is 5.10 Å². The van der Waals surface area contributed by atoms with Gasteiger partial charge < -0.3 is 4.57 Å². The van der Waals surface area contributed by atoms with Crippen molar-refractivity contribution < 1.29 is 4.92 Å². The van der Waals surface area contributed by atoms with Gasteiger partial charge in [-0.05, 0) is 18.2 Å². The van der Waals surface area contributed by atoms with Crippen molar-refractivity contribution in [3.05, 3.63) is 70.4 Å². The lowest BCUT2D eigenvalue weighted by Crippen LogP contribution is -1.91. The predicted molar refractivity (Wildman–Crippen MR) is 87.2 cm³/mol. The number of benzene rings is 2. The molecule has 0 bridgehead atoms. The average Bonchev–Trinajstić information content (AvgIpc) is 2.85. The van der Waals surface area contributed by atoms with Crippen LogP contribution in [0.2, 0.25) is 0 Å². The van der Waals surface area contributed by atoms with E-state index in [1.807, 2.05) is 36.0 Å². The van der Waals surface area contributed by atoms with Gasteiger partial charge in [-0.3, -0.25) is 15.5 Å². The summed E-state index contributed by atoms with van der Waals surface area (Å²) in [5.41, 5.74) is 5.77. The van der Waals surface area contributed by atoms with Gasteiger partial charge in [-0.1, -0.05) is 18.2 Å². The van der Waals surface area contributed by atoms with Gasteiger partial charge in [0.05, 0.1) is 16.8 Å². The van der Waals surface area contributed by atoms with E-state index in [4.69, 9.17) is 0 Å². The molecule has 1 N–H and O–H groups in total. The zero-order valence-corrected chi connectivity index (χ0v) is 11.9. The highest BCUT2D eigenvalue weighted by Crippen LogP contribution is 2.19. The Balaban J connectivity index is 1.77. The highest BCUT2D eigenvalue weighted by molar-refractivity contribution is 5.99. The number of aromatic nitrogens is 1. The summed E-state index contributed by atoms with van der Waals surface area (Å²) in [6.07, 6.45) is 3.75. The van der Waals surface area contributed by atoms with Crippen molar-refractivity contribution >= 4 is 28.5 Å². The monoisotopic (exact) mass is 294 g/mol. The van der Waals surface area contributed by atoms with Crippen molar-refractivity contribution in [2.24, 2.45) is 12.1 Å². The minimum absolute atomic E-state index is 0.0589. The number of hydrogen-bond acceptors (Lipinski definition) is 4. The fourth-order valence-corrected chi connectivity index (χ4v) is 2.31. The molecule has 0 fully saturated rings. The van der Waals surface area contributed by atoms with Gasteiger partial charge in [-0.25, -0.2) is 0 Å². The molecule has 1 aromatic heterocycles. The Bertz CT molecular complexity index is 850. The number of nitrogens with one attached hydrogen (secondary N) is 1. The Hall–Kier alpha value is -3.15. The zero-order chi connectivity index (χ0) is 15.5. The minimum atomic E-state index is -0.427. The largest absolute Gasteiger partial charge is 0.350 e.